The zero-order valence-corrected chi connectivity index (χ0v) is 10.5. The number of aromatic carboxylic acids is 1. The van der Waals surface area contributed by atoms with Gasteiger partial charge in [-0.05, 0) is 24.3 Å². The highest BCUT2D eigenvalue weighted by Gasteiger charge is 2.09. The van der Waals surface area contributed by atoms with Crippen molar-refractivity contribution in [2.45, 2.75) is 0 Å². The van der Waals surface area contributed by atoms with E-state index in [4.69, 9.17) is 5.11 Å². The monoisotopic (exact) mass is 265 g/mol. The lowest BCUT2D eigenvalue weighted by Gasteiger charge is -2.06. The van der Waals surface area contributed by atoms with Gasteiger partial charge in [0.15, 0.2) is 0 Å². The molecule has 1 N–H and O–H groups in total. The van der Waals surface area contributed by atoms with Crippen LogP contribution in [0.15, 0.2) is 60.8 Å². The molecule has 1 aromatic heterocycles. The zero-order chi connectivity index (χ0) is 13.9. The highest BCUT2D eigenvalue weighted by molar-refractivity contribution is 5.88. The highest BCUT2D eigenvalue weighted by Crippen LogP contribution is 2.21. The van der Waals surface area contributed by atoms with Gasteiger partial charge in [-0.2, -0.15) is 0 Å². The van der Waals surface area contributed by atoms with Gasteiger partial charge in [0.25, 0.3) is 0 Å². The summed E-state index contributed by atoms with van der Waals surface area (Å²) in [6, 6.07) is 16.3. The number of carboxylic acid groups (broad SMARTS) is 1. The van der Waals surface area contributed by atoms with Gasteiger partial charge in [-0.25, -0.2) is 9.48 Å². The van der Waals surface area contributed by atoms with E-state index in [0.29, 0.717) is 0 Å². The van der Waals surface area contributed by atoms with E-state index < -0.39 is 5.97 Å². The van der Waals surface area contributed by atoms with E-state index in [1.165, 1.54) is 0 Å². The third-order valence-corrected chi connectivity index (χ3v) is 2.98. The smallest absolute Gasteiger partial charge is 0.335 e. The van der Waals surface area contributed by atoms with Crippen molar-refractivity contribution in [3.63, 3.8) is 0 Å². The number of aromatic nitrogens is 3. The summed E-state index contributed by atoms with van der Waals surface area (Å²) in [5.74, 6) is -0.939. The molecule has 20 heavy (non-hydrogen) atoms. The second-order valence-electron chi connectivity index (χ2n) is 4.25. The molecule has 0 amide bonds. The average Bonchev–Trinajstić information content (AvgIpc) is 2.97. The molecule has 0 saturated carbocycles. The summed E-state index contributed by atoms with van der Waals surface area (Å²) in [4.78, 5) is 10.9. The Hall–Kier alpha value is -2.95. The zero-order valence-electron chi connectivity index (χ0n) is 10.5. The maximum atomic E-state index is 10.9. The van der Waals surface area contributed by atoms with Crippen molar-refractivity contribution in [1.29, 1.82) is 0 Å². The average molecular weight is 265 g/mol. The Bertz CT molecular complexity index is 733. The van der Waals surface area contributed by atoms with Gasteiger partial charge in [0.05, 0.1) is 23.1 Å². The SMILES string of the molecule is O=C(O)c1ccc(-c2cnnn2-c2ccccc2)cc1. The van der Waals surface area contributed by atoms with Crippen LogP contribution < -0.4 is 0 Å². The van der Waals surface area contributed by atoms with Crippen LogP contribution in [0.1, 0.15) is 10.4 Å². The van der Waals surface area contributed by atoms with Gasteiger partial charge in [-0.1, -0.05) is 35.5 Å². The maximum Gasteiger partial charge on any atom is 0.335 e. The standard InChI is InChI=1S/C15H11N3O2/c19-15(20)12-8-6-11(7-9-12)14-10-16-17-18(14)13-4-2-1-3-5-13/h1-10H,(H,19,20). The van der Waals surface area contributed by atoms with Gasteiger partial charge < -0.3 is 5.11 Å². The van der Waals surface area contributed by atoms with Crippen LogP contribution in [-0.4, -0.2) is 26.1 Å². The molecule has 0 radical (unpaired) electrons. The van der Waals surface area contributed by atoms with Crippen molar-refractivity contribution < 1.29 is 9.90 Å². The van der Waals surface area contributed by atoms with E-state index in [1.807, 2.05) is 30.3 Å². The van der Waals surface area contributed by atoms with Crippen LogP contribution in [0.3, 0.4) is 0 Å². The van der Waals surface area contributed by atoms with Crippen molar-refractivity contribution in [1.82, 2.24) is 15.0 Å². The Morgan fingerprint density at radius 2 is 1.70 bits per heavy atom. The lowest BCUT2D eigenvalue weighted by atomic mass is 10.1. The number of hydrogen-bond acceptors (Lipinski definition) is 3. The second-order valence-corrected chi connectivity index (χ2v) is 4.25. The maximum absolute atomic E-state index is 10.9. The Morgan fingerprint density at radius 3 is 2.35 bits per heavy atom. The number of nitrogens with zero attached hydrogens (tertiary/aromatic N) is 3. The van der Waals surface area contributed by atoms with Gasteiger partial charge in [0.2, 0.25) is 0 Å². The van der Waals surface area contributed by atoms with E-state index >= 15 is 0 Å². The summed E-state index contributed by atoms with van der Waals surface area (Å²) < 4.78 is 1.72. The van der Waals surface area contributed by atoms with E-state index in [1.54, 1.807) is 35.1 Å². The van der Waals surface area contributed by atoms with Gasteiger partial charge >= 0.3 is 5.97 Å². The summed E-state index contributed by atoms with van der Waals surface area (Å²) in [5.41, 5.74) is 2.84. The molecule has 0 bridgehead atoms. The quantitative estimate of drug-likeness (QED) is 0.790. The number of rotatable bonds is 3. The van der Waals surface area contributed by atoms with Crippen molar-refractivity contribution in [2.75, 3.05) is 0 Å². The molecule has 2 aromatic carbocycles. The molecule has 0 fully saturated rings. The fourth-order valence-corrected chi connectivity index (χ4v) is 1.98. The lowest BCUT2D eigenvalue weighted by Crippen LogP contribution is -1.99. The Morgan fingerprint density at radius 1 is 1.00 bits per heavy atom. The summed E-state index contributed by atoms with van der Waals surface area (Å²) in [5, 5.41) is 16.9. The summed E-state index contributed by atoms with van der Waals surface area (Å²) in [7, 11) is 0. The van der Waals surface area contributed by atoms with Crippen LogP contribution in [0, 0.1) is 0 Å². The molecule has 0 unspecified atom stereocenters. The topological polar surface area (TPSA) is 68.0 Å². The van der Waals surface area contributed by atoms with Crippen LogP contribution in [0.25, 0.3) is 16.9 Å². The van der Waals surface area contributed by atoms with Crippen molar-refractivity contribution in [3.05, 3.63) is 66.4 Å². The second kappa shape index (κ2) is 4.97. The molecule has 3 aromatic rings. The first-order chi connectivity index (χ1) is 9.75. The summed E-state index contributed by atoms with van der Waals surface area (Å²) in [6.45, 7) is 0. The predicted molar refractivity (Wildman–Crippen MR) is 73.8 cm³/mol. The molecule has 0 aliphatic rings. The van der Waals surface area contributed by atoms with E-state index in [2.05, 4.69) is 10.3 Å². The third-order valence-electron chi connectivity index (χ3n) is 2.98. The van der Waals surface area contributed by atoms with Crippen LogP contribution in [-0.2, 0) is 0 Å². The fourth-order valence-electron chi connectivity index (χ4n) is 1.98. The molecule has 0 spiro atoms. The van der Waals surface area contributed by atoms with Gasteiger partial charge in [0.1, 0.15) is 0 Å². The first-order valence-electron chi connectivity index (χ1n) is 6.05. The number of carbonyl (C=O) groups is 1. The molecule has 98 valence electrons. The Labute approximate surface area is 115 Å². The largest absolute Gasteiger partial charge is 0.478 e. The summed E-state index contributed by atoms with van der Waals surface area (Å²) >= 11 is 0. The lowest BCUT2D eigenvalue weighted by molar-refractivity contribution is 0.0697. The van der Waals surface area contributed by atoms with E-state index in [-0.39, 0.29) is 5.56 Å². The van der Waals surface area contributed by atoms with Crippen molar-refractivity contribution in [2.24, 2.45) is 0 Å². The van der Waals surface area contributed by atoms with Gasteiger partial charge in [-0.15, -0.1) is 5.10 Å². The minimum atomic E-state index is -0.939. The van der Waals surface area contributed by atoms with E-state index in [0.717, 1.165) is 16.9 Å². The fraction of sp³-hybridized carbons (Fsp3) is 0. The Balaban J connectivity index is 2.04. The van der Waals surface area contributed by atoms with Crippen LogP contribution >= 0.6 is 0 Å². The molecule has 0 aliphatic carbocycles. The first kappa shape index (κ1) is 12.1. The van der Waals surface area contributed by atoms with Crippen LogP contribution in [0.4, 0.5) is 0 Å². The normalized spacial score (nSPS) is 10.4. The van der Waals surface area contributed by atoms with Gasteiger partial charge in [-0.3, -0.25) is 0 Å². The third kappa shape index (κ3) is 2.16. The molecule has 0 aliphatic heterocycles. The molecule has 0 atom stereocenters. The predicted octanol–water partition coefficient (Wildman–Crippen LogP) is 2.63. The minimum absolute atomic E-state index is 0.257. The number of carboxylic acids is 1. The van der Waals surface area contributed by atoms with Crippen molar-refractivity contribution in [3.8, 4) is 16.9 Å². The number of benzene rings is 2. The molecular weight excluding hydrogens is 254 g/mol. The molecule has 1 heterocycles. The van der Waals surface area contributed by atoms with Crippen LogP contribution in [0.2, 0.25) is 0 Å². The van der Waals surface area contributed by atoms with Crippen molar-refractivity contribution >= 4 is 5.97 Å². The summed E-state index contributed by atoms with van der Waals surface area (Å²) in [6.07, 6.45) is 1.66. The number of para-hydroxylation sites is 1. The van der Waals surface area contributed by atoms with Gasteiger partial charge in [0, 0.05) is 5.56 Å². The Kier molecular flexibility index (Phi) is 3.01. The molecule has 5 heteroatoms. The van der Waals surface area contributed by atoms with E-state index in [9.17, 15) is 4.79 Å². The highest BCUT2D eigenvalue weighted by atomic mass is 16.4. The molecule has 0 saturated heterocycles. The number of hydrogen-bond donors (Lipinski definition) is 1. The van der Waals surface area contributed by atoms with Crippen LogP contribution in [0.5, 0.6) is 0 Å². The molecule has 3 rings (SSSR count). The molecule has 5 nitrogen and oxygen atoms in total. The first-order valence-corrected chi connectivity index (χ1v) is 6.05. The molecular formula is C15H11N3O2. The minimum Gasteiger partial charge on any atom is -0.478 e.